The van der Waals surface area contributed by atoms with Gasteiger partial charge >= 0.3 is 11.8 Å². The number of phenolic OH excluding ortho intramolecular Hbond substituents is 1. The van der Waals surface area contributed by atoms with E-state index in [4.69, 9.17) is 9.47 Å². The maximum Gasteiger partial charge on any atom is 0.407 e. The summed E-state index contributed by atoms with van der Waals surface area (Å²) < 4.78 is 25.8. The summed E-state index contributed by atoms with van der Waals surface area (Å²) >= 11 is 6.91. The largest absolute Gasteiger partial charge is 0.503 e. The first-order chi connectivity index (χ1) is 24.1. The predicted molar refractivity (Wildman–Crippen MR) is 197 cm³/mol. The molecular formula is C36H43Br2FN4O8. The molecule has 4 N–H and O–H groups in total. The number of unbranched alkanes of at least 4 members (excludes halogenated alkanes) is 1. The highest BCUT2D eigenvalue weighted by Crippen LogP contribution is 2.43. The predicted octanol–water partition coefficient (Wildman–Crippen LogP) is 7.40. The van der Waals surface area contributed by atoms with E-state index in [0.717, 1.165) is 23.3 Å². The first kappa shape index (κ1) is 41.2. The monoisotopic (exact) mass is 836 g/mol. The molecule has 0 aliphatic rings. The molecule has 0 spiro atoms. The van der Waals surface area contributed by atoms with Crippen molar-refractivity contribution in [3.8, 4) is 11.5 Å². The minimum atomic E-state index is -0.956. The number of nitrogens with zero attached hydrogens (tertiary/aromatic N) is 1. The van der Waals surface area contributed by atoms with Crippen molar-refractivity contribution in [3.05, 3.63) is 96.2 Å². The summed E-state index contributed by atoms with van der Waals surface area (Å²) in [5, 5.41) is 30.3. The van der Waals surface area contributed by atoms with Crippen molar-refractivity contribution in [2.75, 3.05) is 13.1 Å². The second-order valence-corrected chi connectivity index (χ2v) is 14.5. The number of hydrogen-bond donors (Lipinski definition) is 4. The van der Waals surface area contributed by atoms with Gasteiger partial charge in [0.15, 0.2) is 11.5 Å². The molecule has 0 aromatic heterocycles. The molecule has 0 bridgehead atoms. The number of carbonyl (C=O) groups is 3. The number of amides is 3. The number of rotatable bonds is 18. The van der Waals surface area contributed by atoms with Crippen LogP contribution in [0.5, 0.6) is 11.5 Å². The van der Waals surface area contributed by atoms with Gasteiger partial charge in [-0.05, 0) is 114 Å². The Kier molecular flexibility index (Phi) is 16.1. The lowest BCUT2D eigenvalue weighted by Gasteiger charge is -2.20. The maximum atomic E-state index is 13.7. The third-order valence-electron chi connectivity index (χ3n) is 7.46. The van der Waals surface area contributed by atoms with Gasteiger partial charge in [-0.25, -0.2) is 4.79 Å². The molecule has 276 valence electrons. The van der Waals surface area contributed by atoms with Crippen molar-refractivity contribution < 1.29 is 38.3 Å². The Morgan fingerprint density at radius 3 is 2.37 bits per heavy atom. The van der Waals surface area contributed by atoms with Crippen LogP contribution in [0.3, 0.4) is 0 Å². The Balaban J connectivity index is 1.56. The van der Waals surface area contributed by atoms with Crippen LogP contribution < -0.4 is 20.7 Å². The zero-order chi connectivity index (χ0) is 37.6. The number of aryl methyl sites for hydroxylation is 1. The third kappa shape index (κ3) is 14.5. The summed E-state index contributed by atoms with van der Waals surface area (Å²) in [6.07, 6.45) is 1.53. The number of nitro benzene ring substituents is 1. The van der Waals surface area contributed by atoms with Gasteiger partial charge in [-0.3, -0.25) is 19.7 Å². The molecule has 0 saturated carbocycles. The summed E-state index contributed by atoms with van der Waals surface area (Å²) in [5.41, 5.74) is 0.816. The van der Waals surface area contributed by atoms with E-state index in [1.807, 2.05) is 30.3 Å². The molecule has 3 rings (SSSR count). The van der Waals surface area contributed by atoms with Gasteiger partial charge in [0.2, 0.25) is 17.6 Å². The second kappa shape index (κ2) is 20.0. The number of benzene rings is 3. The van der Waals surface area contributed by atoms with E-state index in [2.05, 4.69) is 47.8 Å². The van der Waals surface area contributed by atoms with Crippen molar-refractivity contribution in [2.45, 2.75) is 84.0 Å². The van der Waals surface area contributed by atoms with Crippen LogP contribution in [-0.2, 0) is 33.8 Å². The molecule has 3 aromatic rings. The first-order valence-electron chi connectivity index (χ1n) is 16.4. The van der Waals surface area contributed by atoms with Crippen LogP contribution in [-0.4, -0.2) is 52.7 Å². The molecule has 3 amide bonds. The van der Waals surface area contributed by atoms with Crippen molar-refractivity contribution >= 4 is 55.5 Å². The summed E-state index contributed by atoms with van der Waals surface area (Å²) in [6.45, 7) is 6.16. The zero-order valence-electron chi connectivity index (χ0n) is 28.7. The number of aromatic hydroxyl groups is 1. The SMILES string of the molecule is CC(C)(C)OC(=O)NCCCC[C@@H](CC(=O)NCCc1cc(Br)c(OCc2ccccc2)c(O)c1Br)NC(=O)CCc1ccc(F)c([N+](=O)[O-])c1. The van der Waals surface area contributed by atoms with E-state index < -0.39 is 34.2 Å². The Bertz CT molecular complexity index is 1670. The van der Waals surface area contributed by atoms with Crippen LogP contribution in [0, 0.1) is 15.9 Å². The van der Waals surface area contributed by atoms with E-state index in [9.17, 15) is 34.0 Å². The lowest BCUT2D eigenvalue weighted by molar-refractivity contribution is -0.387. The number of ether oxygens (including phenoxy) is 2. The van der Waals surface area contributed by atoms with Crippen LogP contribution in [0.1, 0.15) is 69.6 Å². The number of phenols is 1. The van der Waals surface area contributed by atoms with E-state index in [-0.39, 0.29) is 55.7 Å². The van der Waals surface area contributed by atoms with Crippen molar-refractivity contribution in [3.63, 3.8) is 0 Å². The van der Waals surface area contributed by atoms with E-state index in [1.54, 1.807) is 26.8 Å². The van der Waals surface area contributed by atoms with Crippen LogP contribution in [0.15, 0.2) is 63.5 Å². The zero-order valence-corrected chi connectivity index (χ0v) is 31.9. The van der Waals surface area contributed by atoms with Crippen LogP contribution in [0.2, 0.25) is 0 Å². The molecule has 0 radical (unpaired) electrons. The summed E-state index contributed by atoms with van der Waals surface area (Å²) in [5.74, 6) is -1.41. The molecule has 0 aliphatic heterocycles. The third-order valence-corrected chi connectivity index (χ3v) is 8.93. The fraction of sp³-hybridized carbons (Fsp3) is 0.417. The number of nitro groups is 1. The van der Waals surface area contributed by atoms with Gasteiger partial charge in [-0.1, -0.05) is 36.4 Å². The van der Waals surface area contributed by atoms with Gasteiger partial charge in [0.1, 0.15) is 12.2 Å². The Morgan fingerprint density at radius 2 is 1.69 bits per heavy atom. The minimum absolute atomic E-state index is 0.0182. The fourth-order valence-electron chi connectivity index (χ4n) is 4.99. The molecule has 0 unspecified atom stereocenters. The summed E-state index contributed by atoms with van der Waals surface area (Å²) in [6, 6.07) is 14.3. The van der Waals surface area contributed by atoms with Crippen molar-refractivity contribution in [1.29, 1.82) is 0 Å². The smallest absolute Gasteiger partial charge is 0.407 e. The number of hydrogen-bond acceptors (Lipinski definition) is 8. The lowest BCUT2D eigenvalue weighted by Crippen LogP contribution is -2.40. The van der Waals surface area contributed by atoms with Crippen LogP contribution >= 0.6 is 31.9 Å². The first-order valence-corrected chi connectivity index (χ1v) is 18.0. The highest BCUT2D eigenvalue weighted by Gasteiger charge is 2.20. The van der Waals surface area contributed by atoms with Gasteiger partial charge in [-0.2, -0.15) is 4.39 Å². The van der Waals surface area contributed by atoms with Gasteiger partial charge in [0, 0.05) is 38.0 Å². The molecule has 0 fully saturated rings. The molecular weight excluding hydrogens is 795 g/mol. The second-order valence-electron chi connectivity index (χ2n) is 12.8. The molecule has 0 aliphatic carbocycles. The molecule has 1 atom stereocenters. The van der Waals surface area contributed by atoms with Gasteiger partial charge < -0.3 is 30.5 Å². The fourth-order valence-corrected chi connectivity index (χ4v) is 6.06. The average Bonchev–Trinajstić information content (AvgIpc) is 3.05. The van der Waals surface area contributed by atoms with Crippen molar-refractivity contribution in [1.82, 2.24) is 16.0 Å². The highest BCUT2D eigenvalue weighted by atomic mass is 79.9. The quantitative estimate of drug-likeness (QED) is 0.0584. The van der Waals surface area contributed by atoms with Crippen LogP contribution in [0.25, 0.3) is 0 Å². The summed E-state index contributed by atoms with van der Waals surface area (Å²) in [4.78, 5) is 48.1. The van der Waals surface area contributed by atoms with Crippen molar-refractivity contribution in [2.24, 2.45) is 0 Å². The minimum Gasteiger partial charge on any atom is -0.503 e. The van der Waals surface area contributed by atoms with Gasteiger partial charge in [0.25, 0.3) is 0 Å². The molecule has 12 nitrogen and oxygen atoms in total. The molecule has 15 heteroatoms. The molecule has 51 heavy (non-hydrogen) atoms. The van der Waals surface area contributed by atoms with E-state index >= 15 is 0 Å². The average molecular weight is 839 g/mol. The number of halogens is 3. The topological polar surface area (TPSA) is 169 Å². The lowest BCUT2D eigenvalue weighted by atomic mass is 10.0. The molecule has 3 aromatic carbocycles. The van der Waals surface area contributed by atoms with Gasteiger partial charge in [-0.15, -0.1) is 0 Å². The molecule has 0 heterocycles. The Hall–Kier alpha value is -4.24. The normalized spacial score (nSPS) is 11.7. The highest BCUT2D eigenvalue weighted by molar-refractivity contribution is 9.11. The van der Waals surface area contributed by atoms with E-state index in [1.165, 1.54) is 6.07 Å². The Morgan fingerprint density at radius 1 is 0.961 bits per heavy atom. The molecule has 0 saturated heterocycles. The number of carbonyl (C=O) groups excluding carboxylic acids is 3. The standard InChI is InChI=1S/C36H43Br2FN4O8/c1-36(2,3)51-35(47)41-17-8-7-11-26(42-30(44)15-13-23-12-14-28(39)29(19-23)43(48)49)21-31(45)40-18-16-25-20-27(37)34(33(46)32(25)38)50-22-24-9-5-4-6-10-24/h4-6,9-10,12,14,19-20,26,46H,7-8,11,13,15-18,21-22H2,1-3H3,(H,40,45)(H,41,47)(H,42,44)/t26-/m0/s1. The number of nitrogens with one attached hydrogen (secondary N) is 3. The van der Waals surface area contributed by atoms with Gasteiger partial charge in [0.05, 0.1) is 13.9 Å². The summed E-state index contributed by atoms with van der Waals surface area (Å²) in [7, 11) is 0. The number of alkyl carbamates (subject to hydrolysis) is 1. The maximum absolute atomic E-state index is 13.7. The Labute approximate surface area is 313 Å². The van der Waals surface area contributed by atoms with Crippen LogP contribution in [0.4, 0.5) is 14.9 Å². The van der Waals surface area contributed by atoms with E-state index in [0.29, 0.717) is 46.7 Å².